The first-order valence-electron chi connectivity index (χ1n) is 18.0. The van der Waals surface area contributed by atoms with Crippen LogP contribution in [-0.2, 0) is 0 Å². The molecule has 0 radical (unpaired) electrons. The fourth-order valence-electron chi connectivity index (χ4n) is 8.15. The molecule has 11 rings (SSSR count). The molecule has 0 saturated carbocycles. The van der Waals surface area contributed by atoms with Crippen LogP contribution in [0.5, 0.6) is 0 Å². The van der Waals surface area contributed by atoms with Gasteiger partial charge in [0.25, 0.3) is 0 Å². The highest BCUT2D eigenvalue weighted by Crippen LogP contribution is 2.50. The summed E-state index contributed by atoms with van der Waals surface area (Å²) in [7, 11) is 0. The molecule has 0 aliphatic heterocycles. The maximum absolute atomic E-state index is 6.71. The molecule has 0 amide bonds. The van der Waals surface area contributed by atoms with E-state index in [2.05, 4.69) is 187 Å². The zero-order valence-corrected chi connectivity index (χ0v) is 29.5. The molecule has 9 aromatic carbocycles. The molecule has 2 aromatic heterocycles. The zero-order valence-electron chi connectivity index (χ0n) is 28.7. The van der Waals surface area contributed by atoms with E-state index in [9.17, 15) is 0 Å². The van der Waals surface area contributed by atoms with Crippen LogP contribution in [0.2, 0.25) is 0 Å². The van der Waals surface area contributed by atoms with Crippen molar-refractivity contribution in [3.63, 3.8) is 0 Å². The maximum atomic E-state index is 6.71. The van der Waals surface area contributed by atoms with E-state index in [0.717, 1.165) is 39.0 Å². The van der Waals surface area contributed by atoms with E-state index in [1.54, 1.807) is 0 Å². The van der Waals surface area contributed by atoms with E-state index >= 15 is 0 Å². The lowest BCUT2D eigenvalue weighted by Crippen LogP contribution is -2.10. The molecule has 0 spiro atoms. The summed E-state index contributed by atoms with van der Waals surface area (Å²) in [5.41, 5.74) is 9.79. The van der Waals surface area contributed by atoms with Crippen LogP contribution in [0.4, 0.5) is 17.1 Å². The molecule has 0 saturated heterocycles. The highest BCUT2D eigenvalue weighted by molar-refractivity contribution is 7.26. The molecule has 2 nitrogen and oxygen atoms in total. The minimum Gasteiger partial charge on any atom is -0.454 e. The average molecular weight is 694 g/mol. The molecule has 0 bridgehead atoms. The minimum absolute atomic E-state index is 0.874. The lowest BCUT2D eigenvalue weighted by Gasteiger charge is -2.27. The number of benzene rings is 9. The molecule has 0 N–H and O–H groups in total. The monoisotopic (exact) mass is 693 g/mol. The van der Waals surface area contributed by atoms with E-state index in [1.807, 2.05) is 17.4 Å². The quantitative estimate of drug-likeness (QED) is 0.167. The first-order valence-corrected chi connectivity index (χ1v) is 18.8. The fraction of sp³-hybridized carbons (Fsp3) is 0. The summed E-state index contributed by atoms with van der Waals surface area (Å²) in [6, 6.07) is 67.9. The second-order valence-corrected chi connectivity index (χ2v) is 14.7. The van der Waals surface area contributed by atoms with Gasteiger partial charge in [-0.25, -0.2) is 0 Å². The molecule has 0 unspecified atom stereocenters. The predicted octanol–water partition coefficient (Wildman–Crippen LogP) is 15.1. The highest BCUT2D eigenvalue weighted by atomic mass is 32.1. The van der Waals surface area contributed by atoms with Gasteiger partial charge in [-0.3, -0.25) is 0 Å². The molecule has 3 heteroatoms. The Balaban J connectivity index is 1.13. The summed E-state index contributed by atoms with van der Waals surface area (Å²) in [5.74, 6) is 0. The number of fused-ring (bicyclic) bond motifs is 9. The third-order valence-corrected chi connectivity index (χ3v) is 11.9. The van der Waals surface area contributed by atoms with Crippen LogP contribution >= 0.6 is 11.3 Å². The van der Waals surface area contributed by atoms with Gasteiger partial charge in [0, 0.05) is 36.6 Å². The van der Waals surface area contributed by atoms with Crippen molar-refractivity contribution >= 4 is 92.1 Å². The van der Waals surface area contributed by atoms with Crippen LogP contribution in [-0.4, -0.2) is 0 Å². The third kappa shape index (κ3) is 4.78. The van der Waals surface area contributed by atoms with Crippen molar-refractivity contribution < 1.29 is 4.42 Å². The number of furan rings is 1. The van der Waals surface area contributed by atoms with E-state index in [4.69, 9.17) is 4.42 Å². The molecular formula is C50H31NOS. The van der Waals surface area contributed by atoms with Gasteiger partial charge in [0.15, 0.2) is 5.58 Å². The van der Waals surface area contributed by atoms with Gasteiger partial charge >= 0.3 is 0 Å². The van der Waals surface area contributed by atoms with Crippen LogP contribution in [0.3, 0.4) is 0 Å². The zero-order chi connectivity index (χ0) is 34.9. The average Bonchev–Trinajstić information content (AvgIpc) is 3.81. The van der Waals surface area contributed by atoms with Crippen LogP contribution in [0.25, 0.3) is 85.9 Å². The minimum atomic E-state index is 0.874. The van der Waals surface area contributed by atoms with E-state index in [1.165, 1.54) is 64.0 Å². The third-order valence-electron chi connectivity index (χ3n) is 10.7. The number of hydrogen-bond acceptors (Lipinski definition) is 3. The molecule has 0 fully saturated rings. The topological polar surface area (TPSA) is 16.4 Å². The van der Waals surface area contributed by atoms with E-state index in [-0.39, 0.29) is 0 Å². The Hall–Kier alpha value is -6.68. The van der Waals surface area contributed by atoms with Gasteiger partial charge in [0.2, 0.25) is 0 Å². The van der Waals surface area contributed by atoms with Gasteiger partial charge in [-0.1, -0.05) is 146 Å². The summed E-state index contributed by atoms with van der Waals surface area (Å²) in [4.78, 5) is 2.40. The molecular weight excluding hydrogens is 663 g/mol. The SMILES string of the molecule is c1ccc(-c2ccc(N(c3ccc(-c4ccc5c(ccc6ccccc65)c4)cc3)c3cccc4c3oc3ccccc34)c3c2sc2ccccc23)cc1. The van der Waals surface area contributed by atoms with E-state index < -0.39 is 0 Å². The van der Waals surface area contributed by atoms with Crippen molar-refractivity contribution in [3.8, 4) is 22.3 Å². The van der Waals surface area contributed by atoms with Crippen LogP contribution in [0.15, 0.2) is 192 Å². The first-order chi connectivity index (χ1) is 26.3. The van der Waals surface area contributed by atoms with Crippen molar-refractivity contribution in [3.05, 3.63) is 188 Å². The molecule has 248 valence electrons. The summed E-state index contributed by atoms with van der Waals surface area (Å²) in [6.07, 6.45) is 0. The van der Waals surface area contributed by atoms with E-state index in [0.29, 0.717) is 0 Å². The second kappa shape index (κ2) is 11.9. The van der Waals surface area contributed by atoms with Crippen LogP contribution in [0, 0.1) is 0 Å². The Kier molecular flexibility index (Phi) is 6.76. The van der Waals surface area contributed by atoms with Crippen molar-refractivity contribution in [1.29, 1.82) is 0 Å². The summed E-state index contributed by atoms with van der Waals surface area (Å²) < 4.78 is 9.25. The van der Waals surface area contributed by atoms with Gasteiger partial charge in [-0.2, -0.15) is 0 Å². The molecule has 2 heterocycles. The predicted molar refractivity (Wildman–Crippen MR) is 227 cm³/mol. The second-order valence-electron chi connectivity index (χ2n) is 13.7. The number of para-hydroxylation sites is 2. The van der Waals surface area contributed by atoms with Crippen molar-refractivity contribution in [2.24, 2.45) is 0 Å². The standard InChI is InChI=1S/C50H31NOS/c1-2-11-33(12-3-1)40-29-30-44(48-43-16-7-9-20-47(43)53-50(40)48)51(45-18-10-17-42-41-15-6-8-19-46(41)52-49(42)45)37-26-23-32(24-27-37)35-25-28-39-36(31-35)22-21-34-13-4-5-14-38(34)39/h1-31H. The maximum Gasteiger partial charge on any atom is 0.159 e. The summed E-state index contributed by atoms with van der Waals surface area (Å²) in [5, 5.41) is 9.79. The molecule has 0 aliphatic rings. The van der Waals surface area contributed by atoms with Gasteiger partial charge in [0.1, 0.15) is 5.58 Å². The largest absolute Gasteiger partial charge is 0.454 e. The lowest BCUT2D eigenvalue weighted by molar-refractivity contribution is 0.669. The van der Waals surface area contributed by atoms with Crippen LogP contribution in [0.1, 0.15) is 0 Å². The molecule has 11 aromatic rings. The molecule has 0 atom stereocenters. The Morgan fingerprint density at radius 3 is 2.00 bits per heavy atom. The normalized spacial score (nSPS) is 11.8. The summed E-state index contributed by atoms with van der Waals surface area (Å²) >= 11 is 1.86. The van der Waals surface area contributed by atoms with Crippen molar-refractivity contribution in [1.82, 2.24) is 0 Å². The smallest absolute Gasteiger partial charge is 0.159 e. The Morgan fingerprint density at radius 2 is 1.11 bits per heavy atom. The van der Waals surface area contributed by atoms with Gasteiger partial charge < -0.3 is 9.32 Å². The number of hydrogen-bond donors (Lipinski definition) is 0. The van der Waals surface area contributed by atoms with Gasteiger partial charge in [-0.05, 0) is 86.3 Å². The lowest BCUT2D eigenvalue weighted by atomic mass is 9.97. The van der Waals surface area contributed by atoms with Gasteiger partial charge in [0.05, 0.1) is 11.4 Å². The molecule has 53 heavy (non-hydrogen) atoms. The number of anilines is 3. The van der Waals surface area contributed by atoms with Crippen LogP contribution < -0.4 is 4.90 Å². The highest BCUT2D eigenvalue weighted by Gasteiger charge is 2.24. The Bertz CT molecular complexity index is 3170. The van der Waals surface area contributed by atoms with Gasteiger partial charge in [-0.15, -0.1) is 11.3 Å². The Morgan fingerprint density at radius 1 is 0.415 bits per heavy atom. The fourth-order valence-corrected chi connectivity index (χ4v) is 9.41. The Labute approximate surface area is 310 Å². The number of rotatable bonds is 5. The summed E-state index contributed by atoms with van der Waals surface area (Å²) in [6.45, 7) is 0. The number of nitrogens with zero attached hydrogens (tertiary/aromatic N) is 1. The molecule has 0 aliphatic carbocycles. The number of thiophene rings is 1. The van der Waals surface area contributed by atoms with Crippen molar-refractivity contribution in [2.45, 2.75) is 0 Å². The van der Waals surface area contributed by atoms with Crippen molar-refractivity contribution in [2.75, 3.05) is 4.90 Å². The first kappa shape index (κ1) is 30.0.